The second kappa shape index (κ2) is 6.47. The topological polar surface area (TPSA) is 47.8 Å². The molecule has 0 N–H and O–H groups in total. The Morgan fingerprint density at radius 3 is 2.70 bits per heavy atom. The lowest BCUT2D eigenvalue weighted by Gasteiger charge is -2.07. The fraction of sp³-hybridized carbons (Fsp3) is 0.214. The van der Waals surface area contributed by atoms with Crippen LogP contribution in [0.2, 0.25) is 0 Å². The predicted molar refractivity (Wildman–Crippen MR) is 76.1 cm³/mol. The summed E-state index contributed by atoms with van der Waals surface area (Å²) >= 11 is 1.32. The molecule has 20 heavy (non-hydrogen) atoms. The smallest absolute Gasteiger partial charge is 0.195 e. The Morgan fingerprint density at radius 2 is 2.05 bits per heavy atom. The number of halogens is 1. The van der Waals surface area contributed by atoms with Crippen LogP contribution in [0.15, 0.2) is 47.2 Å². The van der Waals surface area contributed by atoms with E-state index in [-0.39, 0.29) is 17.6 Å². The van der Waals surface area contributed by atoms with Crippen molar-refractivity contribution >= 4 is 17.5 Å². The predicted octanol–water partition coefficient (Wildman–Crippen LogP) is 3.49. The molecular weight excluding hydrogens is 277 g/mol. The number of benzene rings is 1. The average molecular weight is 291 g/mol. The lowest BCUT2D eigenvalue weighted by atomic mass is 10.1. The summed E-state index contributed by atoms with van der Waals surface area (Å²) in [6.45, 7) is 4.06. The van der Waals surface area contributed by atoms with Gasteiger partial charge in [0.1, 0.15) is 12.1 Å². The van der Waals surface area contributed by atoms with Gasteiger partial charge in [-0.25, -0.2) is 4.39 Å². The van der Waals surface area contributed by atoms with Crippen LogP contribution in [0.1, 0.15) is 30.2 Å². The molecule has 0 fully saturated rings. The zero-order valence-electron chi connectivity index (χ0n) is 11.2. The molecule has 0 aliphatic heterocycles. The maximum atomic E-state index is 12.8. The number of aromatic nitrogens is 3. The van der Waals surface area contributed by atoms with Crippen molar-refractivity contribution in [3.05, 3.63) is 53.5 Å². The van der Waals surface area contributed by atoms with E-state index in [0.29, 0.717) is 5.56 Å². The number of allylic oxidation sites excluding steroid dienone is 1. The van der Waals surface area contributed by atoms with Gasteiger partial charge in [-0.3, -0.25) is 4.79 Å². The molecule has 4 nitrogen and oxygen atoms in total. The first-order valence-corrected chi connectivity index (χ1v) is 6.98. The summed E-state index contributed by atoms with van der Waals surface area (Å²) in [5.74, 6) is -0.530. The zero-order valence-corrected chi connectivity index (χ0v) is 12.0. The van der Waals surface area contributed by atoms with Crippen LogP contribution >= 0.6 is 11.8 Å². The first-order valence-electron chi connectivity index (χ1n) is 6.10. The summed E-state index contributed by atoms with van der Waals surface area (Å²) in [6.07, 6.45) is 3.10. The summed E-state index contributed by atoms with van der Waals surface area (Å²) in [4.78, 5) is 11.8. The van der Waals surface area contributed by atoms with Crippen molar-refractivity contribution in [1.29, 1.82) is 0 Å². The molecule has 0 bridgehead atoms. The Labute approximate surface area is 120 Å². The van der Waals surface area contributed by atoms with Crippen LogP contribution in [-0.2, 0) is 0 Å². The molecule has 2 aromatic rings. The number of carbonyl (C=O) groups excluding carboxylic acids is 1. The third kappa shape index (κ3) is 3.54. The number of thioether (sulfide) groups is 1. The van der Waals surface area contributed by atoms with Crippen molar-refractivity contribution in [2.75, 3.05) is 0 Å². The van der Waals surface area contributed by atoms with E-state index in [1.165, 1.54) is 42.1 Å². The van der Waals surface area contributed by atoms with Gasteiger partial charge in [0.15, 0.2) is 10.9 Å². The summed E-state index contributed by atoms with van der Waals surface area (Å²) < 4.78 is 14.7. The van der Waals surface area contributed by atoms with Crippen molar-refractivity contribution in [2.45, 2.75) is 25.0 Å². The minimum Gasteiger partial charge on any atom is -0.306 e. The van der Waals surface area contributed by atoms with Gasteiger partial charge < -0.3 is 4.57 Å². The quantitative estimate of drug-likeness (QED) is 0.480. The van der Waals surface area contributed by atoms with Crippen molar-refractivity contribution in [3.8, 4) is 0 Å². The number of nitrogens with zero attached hydrogens (tertiary/aromatic N) is 3. The normalized spacial score (nSPS) is 11.4. The molecule has 0 spiro atoms. The Balaban J connectivity index is 2.01. The molecule has 104 valence electrons. The largest absolute Gasteiger partial charge is 0.306 e. The fourth-order valence-electron chi connectivity index (χ4n) is 1.54. The van der Waals surface area contributed by atoms with E-state index < -0.39 is 0 Å². The highest BCUT2D eigenvalue weighted by Gasteiger charge is 2.06. The van der Waals surface area contributed by atoms with Crippen molar-refractivity contribution in [1.82, 2.24) is 14.8 Å². The van der Waals surface area contributed by atoms with Gasteiger partial charge in [0, 0.05) is 11.6 Å². The Morgan fingerprint density at radius 1 is 1.35 bits per heavy atom. The molecule has 1 aromatic heterocycles. The van der Waals surface area contributed by atoms with Gasteiger partial charge in [0.25, 0.3) is 0 Å². The van der Waals surface area contributed by atoms with E-state index in [2.05, 4.69) is 10.2 Å². The van der Waals surface area contributed by atoms with E-state index in [1.54, 1.807) is 11.7 Å². The second-order valence-electron chi connectivity index (χ2n) is 4.41. The molecule has 0 radical (unpaired) electrons. The van der Waals surface area contributed by atoms with E-state index in [4.69, 9.17) is 0 Å². The van der Waals surface area contributed by atoms with E-state index >= 15 is 0 Å². The van der Waals surface area contributed by atoms with Gasteiger partial charge in [-0.05, 0) is 49.6 Å². The lowest BCUT2D eigenvalue weighted by molar-refractivity contribution is 0.104. The summed E-state index contributed by atoms with van der Waals surface area (Å²) in [7, 11) is 0. The maximum Gasteiger partial charge on any atom is 0.195 e. The third-order valence-corrected chi connectivity index (χ3v) is 3.39. The molecule has 0 unspecified atom stereocenters. The van der Waals surface area contributed by atoms with Gasteiger partial charge in [0.2, 0.25) is 0 Å². The van der Waals surface area contributed by atoms with E-state index in [0.717, 1.165) is 5.16 Å². The molecule has 0 aliphatic rings. The van der Waals surface area contributed by atoms with Crippen molar-refractivity contribution in [3.63, 3.8) is 0 Å². The molecule has 0 saturated carbocycles. The van der Waals surface area contributed by atoms with Crippen molar-refractivity contribution in [2.24, 2.45) is 0 Å². The summed E-state index contributed by atoms with van der Waals surface area (Å²) in [5, 5.41) is 10.2. The first kappa shape index (κ1) is 14.5. The Kier molecular flexibility index (Phi) is 4.68. The monoisotopic (exact) mass is 291 g/mol. The van der Waals surface area contributed by atoms with Crippen molar-refractivity contribution < 1.29 is 9.18 Å². The standard InChI is InChI=1S/C14H14FN3OS/c1-10(2)18-9-16-17-14(18)20-8-7-13(19)11-3-5-12(15)6-4-11/h3-10H,1-2H3/b8-7+. The Bertz CT molecular complexity index is 620. The summed E-state index contributed by atoms with van der Waals surface area (Å²) in [5.41, 5.74) is 0.452. The van der Waals surface area contributed by atoms with Crippen LogP contribution < -0.4 is 0 Å². The van der Waals surface area contributed by atoms with Crippen LogP contribution in [-0.4, -0.2) is 20.5 Å². The summed E-state index contributed by atoms with van der Waals surface area (Å²) in [6, 6.07) is 5.72. The first-order chi connectivity index (χ1) is 9.58. The number of rotatable bonds is 5. The third-order valence-electron chi connectivity index (χ3n) is 2.62. The Hall–Kier alpha value is -1.95. The highest BCUT2D eigenvalue weighted by molar-refractivity contribution is 8.02. The minimum absolute atomic E-state index is 0.173. The van der Waals surface area contributed by atoms with Crippen LogP contribution in [0.25, 0.3) is 0 Å². The van der Waals surface area contributed by atoms with Crippen LogP contribution in [0, 0.1) is 5.82 Å². The van der Waals surface area contributed by atoms with Crippen LogP contribution in [0.5, 0.6) is 0 Å². The maximum absolute atomic E-state index is 12.8. The van der Waals surface area contributed by atoms with Crippen LogP contribution in [0.3, 0.4) is 0 Å². The number of carbonyl (C=O) groups is 1. The highest BCUT2D eigenvalue weighted by atomic mass is 32.2. The molecule has 0 aliphatic carbocycles. The number of hydrogen-bond acceptors (Lipinski definition) is 4. The van der Waals surface area contributed by atoms with Gasteiger partial charge in [0.05, 0.1) is 0 Å². The van der Waals surface area contributed by atoms with Gasteiger partial charge in [-0.1, -0.05) is 11.8 Å². The minimum atomic E-state index is -0.357. The number of ketones is 1. The van der Waals surface area contributed by atoms with Gasteiger partial charge >= 0.3 is 0 Å². The molecule has 2 rings (SSSR count). The SMILES string of the molecule is CC(C)n1cnnc1S/C=C/C(=O)c1ccc(F)cc1. The molecular formula is C14H14FN3OS. The average Bonchev–Trinajstić information content (AvgIpc) is 2.88. The second-order valence-corrected chi connectivity index (χ2v) is 5.28. The number of hydrogen-bond donors (Lipinski definition) is 0. The zero-order chi connectivity index (χ0) is 14.5. The van der Waals surface area contributed by atoms with Gasteiger partial charge in [-0.2, -0.15) is 0 Å². The highest BCUT2D eigenvalue weighted by Crippen LogP contribution is 2.19. The lowest BCUT2D eigenvalue weighted by Crippen LogP contribution is -2.00. The molecule has 1 heterocycles. The fourth-order valence-corrected chi connectivity index (χ4v) is 2.32. The van der Waals surface area contributed by atoms with Gasteiger partial charge in [-0.15, -0.1) is 10.2 Å². The van der Waals surface area contributed by atoms with E-state index in [1.807, 2.05) is 18.4 Å². The molecule has 0 atom stereocenters. The molecule has 6 heteroatoms. The molecule has 0 amide bonds. The van der Waals surface area contributed by atoms with Crippen LogP contribution in [0.4, 0.5) is 4.39 Å². The molecule has 0 saturated heterocycles. The molecule has 1 aromatic carbocycles. The van der Waals surface area contributed by atoms with E-state index in [9.17, 15) is 9.18 Å².